The van der Waals surface area contributed by atoms with Gasteiger partial charge in [0.2, 0.25) is 0 Å². The van der Waals surface area contributed by atoms with Crippen LogP contribution in [0.2, 0.25) is 0 Å². The Balaban J connectivity index is 2.85. The summed E-state index contributed by atoms with van der Waals surface area (Å²) in [4.78, 5) is 10.3. The van der Waals surface area contributed by atoms with E-state index in [0.29, 0.717) is 13.2 Å². The first-order valence-corrected chi connectivity index (χ1v) is 6.78. The lowest BCUT2D eigenvalue weighted by Gasteiger charge is -2.17. The second-order valence-corrected chi connectivity index (χ2v) is 4.50. The molecule has 0 saturated heterocycles. The first-order valence-electron chi connectivity index (χ1n) is 5.99. The molecule has 112 valence electrons. The van der Waals surface area contributed by atoms with Gasteiger partial charge in [0.05, 0.1) is 9.40 Å². The minimum atomic E-state index is -0.656. The predicted octanol–water partition coefficient (Wildman–Crippen LogP) is 3.27. The molecule has 0 amide bonds. The molecule has 0 bridgehead atoms. The van der Waals surface area contributed by atoms with Gasteiger partial charge in [-0.05, 0) is 29.8 Å². The maximum absolute atomic E-state index is 13.4. The first kappa shape index (κ1) is 16.8. The maximum Gasteiger partial charge on any atom is 0.312 e. The number of hydrogen-bond acceptors (Lipinski definition) is 5. The van der Waals surface area contributed by atoms with Gasteiger partial charge in [0, 0.05) is 25.3 Å². The fraction of sp³-hybridized carbons (Fsp3) is 0.500. The van der Waals surface area contributed by atoms with Crippen molar-refractivity contribution in [3.63, 3.8) is 0 Å². The number of hydrogen-bond donors (Lipinski definition) is 0. The highest BCUT2D eigenvalue weighted by molar-refractivity contribution is 9.10. The van der Waals surface area contributed by atoms with E-state index >= 15 is 0 Å². The summed E-state index contributed by atoms with van der Waals surface area (Å²) in [5.74, 6) is -0.810. The molecule has 0 atom stereocenters. The molecule has 0 N–H and O–H groups in total. The van der Waals surface area contributed by atoms with E-state index in [9.17, 15) is 14.5 Å². The van der Waals surface area contributed by atoms with Crippen LogP contribution in [-0.4, -0.2) is 31.0 Å². The molecular weight excluding hydrogens is 337 g/mol. The molecular formula is C12H15BrFNO5. The van der Waals surface area contributed by atoms with Crippen molar-refractivity contribution in [2.24, 2.45) is 0 Å². The summed E-state index contributed by atoms with van der Waals surface area (Å²) in [6.07, 6.45) is -0.656. The van der Waals surface area contributed by atoms with Crippen molar-refractivity contribution in [3.05, 3.63) is 32.5 Å². The normalized spacial score (nSPS) is 10.8. The van der Waals surface area contributed by atoms with Crippen LogP contribution in [0, 0.1) is 15.9 Å². The Labute approximate surface area is 124 Å². The second-order valence-electron chi connectivity index (χ2n) is 3.64. The van der Waals surface area contributed by atoms with E-state index in [1.54, 1.807) is 13.8 Å². The van der Waals surface area contributed by atoms with Crippen molar-refractivity contribution in [3.8, 4) is 5.75 Å². The summed E-state index contributed by atoms with van der Waals surface area (Å²) in [7, 11) is 0. The molecule has 20 heavy (non-hydrogen) atoms. The second kappa shape index (κ2) is 8.13. The molecule has 0 spiro atoms. The van der Waals surface area contributed by atoms with Gasteiger partial charge in [-0.1, -0.05) is 0 Å². The minimum Gasteiger partial charge on any atom is -0.481 e. The monoisotopic (exact) mass is 351 g/mol. The van der Waals surface area contributed by atoms with Gasteiger partial charge in [0.1, 0.15) is 12.4 Å². The Morgan fingerprint density at radius 1 is 1.35 bits per heavy atom. The van der Waals surface area contributed by atoms with Gasteiger partial charge in [-0.25, -0.2) is 4.39 Å². The lowest BCUT2D eigenvalue weighted by atomic mass is 10.3. The summed E-state index contributed by atoms with van der Waals surface area (Å²) in [6.45, 7) is 4.32. The third kappa shape index (κ3) is 4.69. The highest BCUT2D eigenvalue weighted by atomic mass is 79.9. The van der Waals surface area contributed by atoms with Crippen molar-refractivity contribution in [1.29, 1.82) is 0 Å². The Kier molecular flexibility index (Phi) is 6.83. The van der Waals surface area contributed by atoms with Crippen molar-refractivity contribution in [2.45, 2.75) is 20.1 Å². The van der Waals surface area contributed by atoms with Gasteiger partial charge < -0.3 is 14.2 Å². The van der Waals surface area contributed by atoms with Crippen LogP contribution in [0.5, 0.6) is 5.75 Å². The largest absolute Gasteiger partial charge is 0.481 e. The van der Waals surface area contributed by atoms with Crippen LogP contribution in [0.15, 0.2) is 16.6 Å². The van der Waals surface area contributed by atoms with E-state index in [1.807, 2.05) is 0 Å². The Morgan fingerprint density at radius 2 is 1.95 bits per heavy atom. The van der Waals surface area contributed by atoms with Crippen LogP contribution in [-0.2, 0) is 9.47 Å². The molecule has 0 radical (unpaired) electrons. The SMILES string of the molecule is CCOC(COc1cc(F)c(Br)cc1[N+](=O)[O-])OCC. The molecule has 6 nitrogen and oxygen atoms in total. The van der Waals surface area contributed by atoms with E-state index in [4.69, 9.17) is 14.2 Å². The number of benzene rings is 1. The lowest BCUT2D eigenvalue weighted by molar-refractivity contribution is -0.386. The molecule has 1 rings (SSSR count). The molecule has 0 saturated carbocycles. The number of nitro benzene ring substituents is 1. The highest BCUT2D eigenvalue weighted by Crippen LogP contribution is 2.32. The molecule has 1 aromatic rings. The van der Waals surface area contributed by atoms with Crippen LogP contribution in [0.4, 0.5) is 10.1 Å². The molecule has 0 aromatic heterocycles. The third-order valence-corrected chi connectivity index (χ3v) is 2.89. The smallest absolute Gasteiger partial charge is 0.312 e. The lowest BCUT2D eigenvalue weighted by Crippen LogP contribution is -2.25. The number of halogens is 2. The zero-order valence-corrected chi connectivity index (χ0v) is 12.7. The summed E-state index contributed by atoms with van der Waals surface area (Å²) in [6, 6.07) is 2.01. The molecule has 0 heterocycles. The number of rotatable bonds is 8. The van der Waals surface area contributed by atoms with Gasteiger partial charge in [-0.3, -0.25) is 10.1 Å². The molecule has 1 aromatic carbocycles. The third-order valence-electron chi connectivity index (χ3n) is 2.28. The predicted molar refractivity (Wildman–Crippen MR) is 73.3 cm³/mol. The fourth-order valence-corrected chi connectivity index (χ4v) is 1.78. The van der Waals surface area contributed by atoms with Gasteiger partial charge in [-0.15, -0.1) is 0 Å². The van der Waals surface area contributed by atoms with E-state index in [1.165, 1.54) is 0 Å². The number of nitrogens with zero attached hydrogens (tertiary/aromatic N) is 1. The molecule has 0 unspecified atom stereocenters. The number of nitro groups is 1. The van der Waals surface area contributed by atoms with Crippen molar-refractivity contribution >= 4 is 21.6 Å². The molecule has 0 aliphatic rings. The quantitative estimate of drug-likeness (QED) is 0.408. The average Bonchev–Trinajstić information content (AvgIpc) is 2.39. The summed E-state index contributed by atoms with van der Waals surface area (Å²) < 4.78 is 29.2. The van der Waals surface area contributed by atoms with Crippen molar-refractivity contribution in [1.82, 2.24) is 0 Å². The molecule has 8 heteroatoms. The van der Waals surface area contributed by atoms with Crippen LogP contribution in [0.25, 0.3) is 0 Å². The molecule has 0 aliphatic carbocycles. The minimum absolute atomic E-state index is 0.00252. The van der Waals surface area contributed by atoms with Crippen LogP contribution in [0.3, 0.4) is 0 Å². The average molecular weight is 352 g/mol. The standard InChI is InChI=1S/C12H15BrFNO5/c1-3-18-12(19-4-2)7-20-11-6-9(14)8(13)5-10(11)15(16)17/h5-6,12H,3-4,7H2,1-2H3. The fourth-order valence-electron chi connectivity index (χ4n) is 1.45. The van der Waals surface area contributed by atoms with Crippen LogP contribution >= 0.6 is 15.9 Å². The van der Waals surface area contributed by atoms with Crippen molar-refractivity contribution in [2.75, 3.05) is 19.8 Å². The van der Waals surface area contributed by atoms with Gasteiger partial charge in [-0.2, -0.15) is 0 Å². The summed E-state index contributed by atoms with van der Waals surface area (Å²) >= 11 is 2.89. The Morgan fingerprint density at radius 3 is 2.45 bits per heavy atom. The van der Waals surface area contributed by atoms with Gasteiger partial charge >= 0.3 is 5.69 Å². The van der Waals surface area contributed by atoms with Crippen molar-refractivity contribution < 1.29 is 23.5 Å². The zero-order valence-electron chi connectivity index (χ0n) is 11.1. The van der Waals surface area contributed by atoms with E-state index in [2.05, 4.69) is 15.9 Å². The van der Waals surface area contributed by atoms with Gasteiger partial charge in [0.15, 0.2) is 12.0 Å². The number of ether oxygens (including phenoxy) is 3. The van der Waals surface area contributed by atoms with E-state index < -0.39 is 17.0 Å². The highest BCUT2D eigenvalue weighted by Gasteiger charge is 2.20. The Hall–Kier alpha value is -1.25. The van der Waals surface area contributed by atoms with Crippen LogP contribution < -0.4 is 4.74 Å². The van der Waals surface area contributed by atoms with Crippen LogP contribution in [0.1, 0.15) is 13.8 Å². The molecule has 0 fully saturated rings. The van der Waals surface area contributed by atoms with E-state index in [0.717, 1.165) is 12.1 Å². The molecule has 0 aliphatic heterocycles. The van der Waals surface area contributed by atoms with Gasteiger partial charge in [0.25, 0.3) is 0 Å². The summed E-state index contributed by atoms with van der Waals surface area (Å²) in [5, 5.41) is 10.9. The zero-order chi connectivity index (χ0) is 15.1. The van der Waals surface area contributed by atoms with E-state index in [-0.39, 0.29) is 22.5 Å². The Bertz CT molecular complexity index is 465. The first-order chi connectivity index (χ1) is 9.49. The topological polar surface area (TPSA) is 70.8 Å². The maximum atomic E-state index is 13.4. The summed E-state index contributed by atoms with van der Waals surface area (Å²) in [5.41, 5.74) is -0.329.